The molecule has 5 rings (SSSR count). The minimum Gasteiger partial charge on any atom is -0.344 e. The zero-order chi connectivity index (χ0) is 22.3. The third-order valence-corrected chi connectivity index (χ3v) is 9.10. The molecule has 2 saturated heterocycles. The number of carbonyl (C=O) groups excluding carboxylic acids is 1. The number of nitrogens with zero attached hydrogens (tertiary/aromatic N) is 5. The van der Waals surface area contributed by atoms with Crippen LogP contribution in [0.15, 0.2) is 47.5 Å². The van der Waals surface area contributed by atoms with Crippen LogP contribution in [0.4, 0.5) is 5.13 Å². The number of benzene rings is 1. The van der Waals surface area contributed by atoms with E-state index in [4.69, 9.17) is 0 Å². The second kappa shape index (κ2) is 8.42. The molecule has 8 nitrogen and oxygen atoms in total. The molecule has 0 aliphatic carbocycles. The van der Waals surface area contributed by atoms with Crippen molar-refractivity contribution in [3.63, 3.8) is 0 Å². The molecular weight excluding hydrogens is 446 g/mol. The average molecular weight is 472 g/mol. The lowest BCUT2D eigenvalue weighted by atomic mass is 10.2. The Hall–Kier alpha value is -2.56. The van der Waals surface area contributed by atoms with Crippen LogP contribution in [0, 0.1) is 6.92 Å². The van der Waals surface area contributed by atoms with Gasteiger partial charge in [0.15, 0.2) is 5.13 Å². The van der Waals surface area contributed by atoms with Gasteiger partial charge >= 0.3 is 0 Å². The van der Waals surface area contributed by atoms with Crippen LogP contribution in [0.25, 0.3) is 10.3 Å². The van der Waals surface area contributed by atoms with E-state index in [0.717, 1.165) is 21.0 Å². The summed E-state index contributed by atoms with van der Waals surface area (Å²) in [6.45, 7) is 4.74. The van der Waals surface area contributed by atoms with E-state index in [9.17, 15) is 13.2 Å². The Morgan fingerprint density at radius 1 is 1.06 bits per heavy atom. The Morgan fingerprint density at radius 3 is 2.53 bits per heavy atom. The van der Waals surface area contributed by atoms with Crippen molar-refractivity contribution < 1.29 is 13.2 Å². The van der Waals surface area contributed by atoms with Gasteiger partial charge in [-0.2, -0.15) is 4.31 Å². The Morgan fingerprint density at radius 2 is 1.81 bits per heavy atom. The van der Waals surface area contributed by atoms with Gasteiger partial charge in [-0.15, -0.1) is 0 Å². The summed E-state index contributed by atoms with van der Waals surface area (Å²) < 4.78 is 27.8. The van der Waals surface area contributed by atoms with E-state index in [1.807, 2.05) is 19.1 Å². The number of aryl methyl sites for hydroxylation is 1. The van der Waals surface area contributed by atoms with Crippen LogP contribution in [-0.2, 0) is 14.8 Å². The maximum absolute atomic E-state index is 13.3. The van der Waals surface area contributed by atoms with Gasteiger partial charge < -0.3 is 9.80 Å². The third-order valence-electron chi connectivity index (χ3n) is 6.13. The van der Waals surface area contributed by atoms with Gasteiger partial charge in [0.1, 0.15) is 16.4 Å². The maximum atomic E-state index is 13.3. The number of hydrogen-bond acceptors (Lipinski definition) is 7. The fraction of sp³-hybridized carbons (Fsp3) is 0.409. The summed E-state index contributed by atoms with van der Waals surface area (Å²) >= 11 is 1.55. The molecule has 1 aromatic carbocycles. The number of pyridine rings is 1. The zero-order valence-electron chi connectivity index (χ0n) is 17.8. The molecular formula is C22H25N5O3S2. The van der Waals surface area contributed by atoms with Gasteiger partial charge in [-0.25, -0.2) is 18.4 Å². The second-order valence-corrected chi connectivity index (χ2v) is 11.1. The lowest BCUT2D eigenvalue weighted by Gasteiger charge is -2.37. The van der Waals surface area contributed by atoms with Crippen molar-refractivity contribution >= 4 is 42.7 Å². The van der Waals surface area contributed by atoms with Crippen LogP contribution in [-0.4, -0.2) is 72.3 Å². The molecule has 2 aliphatic heterocycles. The molecule has 1 amide bonds. The first-order valence-corrected chi connectivity index (χ1v) is 13.0. The monoisotopic (exact) mass is 471 g/mol. The van der Waals surface area contributed by atoms with Crippen molar-refractivity contribution in [3.05, 3.63) is 48.2 Å². The summed E-state index contributed by atoms with van der Waals surface area (Å²) in [6, 6.07) is 10.0. The number of amides is 1. The number of thiazole rings is 1. The molecule has 0 saturated carbocycles. The van der Waals surface area contributed by atoms with Crippen molar-refractivity contribution in [2.75, 3.05) is 37.6 Å². The molecule has 2 fully saturated rings. The molecule has 0 spiro atoms. The average Bonchev–Trinajstić information content (AvgIpc) is 3.47. The maximum Gasteiger partial charge on any atom is 0.243 e. The number of anilines is 1. The minimum absolute atomic E-state index is 0.0937. The second-order valence-electron chi connectivity index (χ2n) is 8.22. The van der Waals surface area contributed by atoms with Gasteiger partial charge in [-0.05, 0) is 44.0 Å². The van der Waals surface area contributed by atoms with Crippen molar-refractivity contribution in [2.45, 2.75) is 30.7 Å². The van der Waals surface area contributed by atoms with Gasteiger partial charge in [0, 0.05) is 38.9 Å². The van der Waals surface area contributed by atoms with Crippen LogP contribution < -0.4 is 4.90 Å². The Bertz CT molecular complexity index is 1200. The van der Waals surface area contributed by atoms with Crippen molar-refractivity contribution in [1.82, 2.24) is 19.2 Å². The SMILES string of the molecule is Cc1ccc(S(=O)(=O)N2CCC[C@H]2C(=O)N2CCN(c3nc4cccnc4s3)CC2)cc1. The van der Waals surface area contributed by atoms with E-state index in [1.54, 1.807) is 46.7 Å². The smallest absolute Gasteiger partial charge is 0.243 e. The van der Waals surface area contributed by atoms with E-state index in [2.05, 4.69) is 14.9 Å². The summed E-state index contributed by atoms with van der Waals surface area (Å²) in [5, 5.41) is 0.912. The highest BCUT2D eigenvalue weighted by Crippen LogP contribution is 2.30. The molecule has 168 valence electrons. The van der Waals surface area contributed by atoms with E-state index < -0.39 is 16.1 Å². The number of carbonyl (C=O) groups is 1. The fourth-order valence-corrected chi connectivity index (χ4v) is 6.95. The van der Waals surface area contributed by atoms with Gasteiger partial charge in [-0.1, -0.05) is 29.0 Å². The molecule has 2 aliphatic rings. The van der Waals surface area contributed by atoms with Gasteiger partial charge in [0.05, 0.1) is 4.90 Å². The highest BCUT2D eigenvalue weighted by molar-refractivity contribution is 7.89. The van der Waals surface area contributed by atoms with E-state index in [-0.39, 0.29) is 10.8 Å². The molecule has 32 heavy (non-hydrogen) atoms. The number of aromatic nitrogens is 2. The van der Waals surface area contributed by atoms with E-state index in [0.29, 0.717) is 45.6 Å². The first-order chi connectivity index (χ1) is 15.4. The normalized spacial score (nSPS) is 20.2. The number of sulfonamides is 1. The Balaban J connectivity index is 1.27. The minimum atomic E-state index is -3.70. The van der Waals surface area contributed by atoms with E-state index in [1.165, 1.54) is 4.31 Å². The van der Waals surface area contributed by atoms with Crippen LogP contribution >= 0.6 is 11.3 Å². The van der Waals surface area contributed by atoms with Crippen molar-refractivity contribution in [2.24, 2.45) is 0 Å². The van der Waals surface area contributed by atoms with Crippen LogP contribution in [0.5, 0.6) is 0 Å². The Labute approximate surface area is 191 Å². The van der Waals surface area contributed by atoms with Crippen molar-refractivity contribution in [3.8, 4) is 0 Å². The summed E-state index contributed by atoms with van der Waals surface area (Å²) in [7, 11) is -3.70. The predicted octanol–water partition coefficient (Wildman–Crippen LogP) is 2.50. The molecule has 2 aromatic heterocycles. The van der Waals surface area contributed by atoms with Gasteiger partial charge in [0.2, 0.25) is 15.9 Å². The van der Waals surface area contributed by atoms with Gasteiger partial charge in [-0.3, -0.25) is 4.79 Å². The number of rotatable bonds is 4. The number of fused-ring (bicyclic) bond motifs is 1. The molecule has 4 heterocycles. The van der Waals surface area contributed by atoms with Gasteiger partial charge in [0.25, 0.3) is 0 Å². The molecule has 0 unspecified atom stereocenters. The van der Waals surface area contributed by atoms with Crippen LogP contribution in [0.3, 0.4) is 0 Å². The zero-order valence-corrected chi connectivity index (χ0v) is 19.5. The number of piperazine rings is 1. The summed E-state index contributed by atoms with van der Waals surface area (Å²) in [5.74, 6) is -0.0937. The summed E-state index contributed by atoms with van der Waals surface area (Å²) in [5.41, 5.74) is 1.88. The Kier molecular flexibility index (Phi) is 5.60. The molecule has 1 atom stereocenters. The molecule has 3 aromatic rings. The largest absolute Gasteiger partial charge is 0.344 e. The molecule has 10 heteroatoms. The van der Waals surface area contributed by atoms with Crippen LogP contribution in [0.1, 0.15) is 18.4 Å². The highest BCUT2D eigenvalue weighted by atomic mass is 32.2. The lowest BCUT2D eigenvalue weighted by Crippen LogP contribution is -2.54. The summed E-state index contributed by atoms with van der Waals surface area (Å²) in [6.07, 6.45) is 3.02. The van der Waals surface area contributed by atoms with Crippen LogP contribution in [0.2, 0.25) is 0 Å². The molecule has 0 radical (unpaired) electrons. The molecule has 0 N–H and O–H groups in total. The summed E-state index contributed by atoms with van der Waals surface area (Å²) in [4.78, 5) is 27.4. The topological polar surface area (TPSA) is 86.7 Å². The molecule has 0 bridgehead atoms. The predicted molar refractivity (Wildman–Crippen MR) is 124 cm³/mol. The van der Waals surface area contributed by atoms with E-state index >= 15 is 0 Å². The lowest BCUT2D eigenvalue weighted by molar-refractivity contribution is -0.134. The number of hydrogen-bond donors (Lipinski definition) is 0. The fourth-order valence-electron chi connectivity index (χ4n) is 4.34. The third kappa shape index (κ3) is 3.87. The van der Waals surface area contributed by atoms with Crippen molar-refractivity contribution in [1.29, 1.82) is 0 Å². The quantitative estimate of drug-likeness (QED) is 0.581. The standard InChI is InChI=1S/C22H25N5O3S2/c1-16-6-8-17(9-7-16)32(29,30)27-11-3-5-19(27)21(28)25-12-14-26(15-13-25)22-24-18-4-2-10-23-20(18)31-22/h2,4,6-10,19H,3,5,11-15H2,1H3/t19-/m0/s1. The first-order valence-electron chi connectivity index (χ1n) is 10.8. The first kappa shape index (κ1) is 21.3. The highest BCUT2D eigenvalue weighted by Gasteiger charge is 2.41.